The second-order valence-corrected chi connectivity index (χ2v) is 13.5. The zero-order valence-corrected chi connectivity index (χ0v) is 27.6. The van der Waals surface area contributed by atoms with E-state index in [2.05, 4.69) is 143 Å². The van der Waals surface area contributed by atoms with Gasteiger partial charge in [-0.3, -0.25) is 0 Å². The third-order valence-electron chi connectivity index (χ3n) is 3.77. The quantitative estimate of drug-likeness (QED) is 0.267. The van der Waals surface area contributed by atoms with Crippen LogP contribution in [0.5, 0.6) is 0 Å². The number of hydrogen-bond acceptors (Lipinski definition) is 0. The Hall–Kier alpha value is 1.94. The van der Waals surface area contributed by atoms with Crippen molar-refractivity contribution < 1.29 is 4.90 Å². The molecule has 0 unspecified atom stereocenters. The average molecular weight is 956 g/mol. The van der Waals surface area contributed by atoms with Crippen LogP contribution in [-0.4, -0.2) is 0 Å². The standard InChI is InChI=1S/C18H6Br9N/c19-7-1-10(22)16(11(23)2-7)28(17-12(24)3-8(20)4-13(17)25)18-14(26)5-9(21)6-15(18)27/h1-6H/p+1. The summed E-state index contributed by atoms with van der Waals surface area (Å²) in [5.74, 6) is 0. The van der Waals surface area contributed by atoms with Crippen molar-refractivity contribution in [3.63, 3.8) is 0 Å². The molecule has 0 spiro atoms. The second kappa shape index (κ2) is 10.3. The monoisotopic (exact) mass is 947 g/mol. The first-order valence-corrected chi connectivity index (χ1v) is 14.6. The number of nitrogens with one attached hydrogen (secondary N) is 1. The first kappa shape index (κ1) is 24.6. The Labute approximate surface area is 238 Å². The van der Waals surface area contributed by atoms with Gasteiger partial charge >= 0.3 is 0 Å². The summed E-state index contributed by atoms with van der Waals surface area (Å²) < 4.78 is 8.74. The van der Waals surface area contributed by atoms with E-state index in [4.69, 9.17) is 0 Å². The molecule has 0 heterocycles. The van der Waals surface area contributed by atoms with E-state index < -0.39 is 0 Å². The molecule has 1 nitrogen and oxygen atoms in total. The predicted octanol–water partition coefficient (Wildman–Crippen LogP) is 10.7. The first-order valence-electron chi connectivity index (χ1n) is 7.41. The summed E-state index contributed by atoms with van der Waals surface area (Å²) in [5, 5.41) is 0. The molecule has 0 radical (unpaired) electrons. The second-order valence-electron chi connectivity index (χ2n) is 5.61. The highest BCUT2D eigenvalue weighted by Gasteiger charge is 2.32. The van der Waals surface area contributed by atoms with Crippen LogP contribution in [0, 0.1) is 0 Å². The summed E-state index contributed by atoms with van der Waals surface area (Å²) in [4.78, 5) is 1.05. The highest BCUT2D eigenvalue weighted by molar-refractivity contribution is 9.12. The van der Waals surface area contributed by atoms with Crippen molar-refractivity contribution in [2.45, 2.75) is 0 Å². The van der Waals surface area contributed by atoms with Crippen molar-refractivity contribution in [3.05, 3.63) is 76.7 Å². The van der Waals surface area contributed by atoms with Gasteiger partial charge in [0, 0.05) is 13.4 Å². The number of halogens is 9. The van der Waals surface area contributed by atoms with E-state index in [1.165, 1.54) is 0 Å². The first-order chi connectivity index (χ1) is 13.1. The molecule has 3 rings (SSSR count). The number of rotatable bonds is 3. The largest absolute Gasteiger partial charge is 0.232 e. The van der Waals surface area contributed by atoms with E-state index in [-0.39, 0.29) is 0 Å². The fourth-order valence-electron chi connectivity index (χ4n) is 2.72. The SMILES string of the molecule is Brc1cc(Br)c([NH+](c2c(Br)cc(Br)cc2Br)c2c(Br)cc(Br)cc2Br)c(Br)c1. The van der Waals surface area contributed by atoms with Gasteiger partial charge in [-0.25, -0.2) is 4.90 Å². The Morgan fingerprint density at radius 2 is 0.536 bits per heavy atom. The molecule has 0 fully saturated rings. The Kier molecular flexibility index (Phi) is 9.00. The van der Waals surface area contributed by atoms with Gasteiger partial charge < -0.3 is 0 Å². The molecule has 0 saturated carbocycles. The van der Waals surface area contributed by atoms with Crippen molar-refractivity contribution in [2.24, 2.45) is 0 Å². The molecular weight excluding hydrogens is 949 g/mol. The Balaban J connectivity index is 2.45. The van der Waals surface area contributed by atoms with Crippen LogP contribution in [0.3, 0.4) is 0 Å². The predicted molar refractivity (Wildman–Crippen MR) is 149 cm³/mol. The Morgan fingerprint density at radius 1 is 0.357 bits per heavy atom. The van der Waals surface area contributed by atoms with Crippen LogP contribution in [0.2, 0.25) is 0 Å². The maximum Gasteiger partial charge on any atom is 0.170 e. The van der Waals surface area contributed by atoms with Crippen LogP contribution >= 0.6 is 143 Å². The zero-order valence-electron chi connectivity index (χ0n) is 13.4. The molecule has 0 aromatic heterocycles. The normalized spacial score (nSPS) is 11.4. The molecule has 0 bridgehead atoms. The molecular formula is C18H7Br9N+. The average Bonchev–Trinajstić information content (AvgIpc) is 2.51. The van der Waals surface area contributed by atoms with Crippen LogP contribution in [0.15, 0.2) is 76.7 Å². The third kappa shape index (κ3) is 5.29. The van der Waals surface area contributed by atoms with Crippen LogP contribution < -0.4 is 4.90 Å². The van der Waals surface area contributed by atoms with Crippen LogP contribution in [0.1, 0.15) is 0 Å². The maximum absolute atomic E-state index is 3.76. The highest BCUT2D eigenvalue weighted by Crippen LogP contribution is 2.42. The van der Waals surface area contributed by atoms with Gasteiger partial charge in [0.05, 0.1) is 26.8 Å². The lowest BCUT2D eigenvalue weighted by atomic mass is 10.2. The number of benzene rings is 3. The molecule has 3 aromatic carbocycles. The smallest absolute Gasteiger partial charge is 0.170 e. The Morgan fingerprint density at radius 3 is 0.714 bits per heavy atom. The molecule has 10 heteroatoms. The molecule has 28 heavy (non-hydrogen) atoms. The fraction of sp³-hybridized carbons (Fsp3) is 0. The molecule has 0 aliphatic rings. The zero-order chi connectivity index (χ0) is 20.7. The molecule has 146 valence electrons. The Bertz CT molecular complexity index is 875. The lowest BCUT2D eigenvalue weighted by molar-refractivity contribution is -0.684. The summed E-state index contributed by atoms with van der Waals surface area (Å²) in [6.45, 7) is 0. The summed E-state index contributed by atoms with van der Waals surface area (Å²) in [7, 11) is 0. The van der Waals surface area contributed by atoms with Gasteiger partial charge in [0.15, 0.2) is 17.1 Å². The van der Waals surface area contributed by atoms with Gasteiger partial charge in [-0.05, 0) is 132 Å². The van der Waals surface area contributed by atoms with Crippen molar-refractivity contribution in [2.75, 3.05) is 0 Å². The minimum absolute atomic E-state index is 0.965. The number of quaternary nitrogens is 1. The molecule has 0 saturated heterocycles. The number of hydrogen-bond donors (Lipinski definition) is 1. The molecule has 0 aliphatic carbocycles. The van der Waals surface area contributed by atoms with Crippen LogP contribution in [-0.2, 0) is 0 Å². The van der Waals surface area contributed by atoms with E-state index in [0.29, 0.717) is 0 Å². The summed E-state index contributed by atoms with van der Waals surface area (Å²) >= 11 is 33.3. The lowest BCUT2D eigenvalue weighted by Crippen LogP contribution is -2.97. The van der Waals surface area contributed by atoms with Crippen molar-refractivity contribution in [1.29, 1.82) is 0 Å². The van der Waals surface area contributed by atoms with Gasteiger partial charge in [-0.15, -0.1) is 0 Å². The summed E-state index contributed by atoms with van der Waals surface area (Å²) in [5.41, 5.74) is 3.11. The highest BCUT2D eigenvalue weighted by atomic mass is 79.9. The van der Waals surface area contributed by atoms with Crippen LogP contribution in [0.25, 0.3) is 0 Å². The molecule has 0 atom stereocenters. The molecule has 3 aromatic rings. The van der Waals surface area contributed by atoms with Gasteiger partial charge in [0.25, 0.3) is 0 Å². The lowest BCUT2D eigenvalue weighted by Gasteiger charge is -2.25. The van der Waals surface area contributed by atoms with Crippen LogP contribution in [0.4, 0.5) is 17.1 Å². The van der Waals surface area contributed by atoms with Gasteiger partial charge in [-0.1, -0.05) is 47.8 Å². The van der Waals surface area contributed by atoms with Crippen molar-refractivity contribution >= 4 is 160 Å². The van der Waals surface area contributed by atoms with Gasteiger partial charge in [-0.2, -0.15) is 0 Å². The topological polar surface area (TPSA) is 4.44 Å². The van der Waals surface area contributed by atoms with E-state index >= 15 is 0 Å². The third-order valence-corrected chi connectivity index (χ3v) is 8.90. The fourth-order valence-corrected chi connectivity index (χ4v) is 10.7. The molecule has 1 N–H and O–H groups in total. The van der Waals surface area contributed by atoms with E-state index in [1.54, 1.807) is 0 Å². The van der Waals surface area contributed by atoms with Gasteiger partial charge in [0.1, 0.15) is 0 Å². The van der Waals surface area contributed by atoms with E-state index in [0.717, 1.165) is 62.2 Å². The van der Waals surface area contributed by atoms with E-state index in [9.17, 15) is 0 Å². The summed E-state index contributed by atoms with van der Waals surface area (Å²) in [6.07, 6.45) is 0. The minimum Gasteiger partial charge on any atom is -0.232 e. The summed E-state index contributed by atoms with van der Waals surface area (Å²) in [6, 6.07) is 12.3. The van der Waals surface area contributed by atoms with Crippen molar-refractivity contribution in [1.82, 2.24) is 0 Å². The van der Waals surface area contributed by atoms with Crippen molar-refractivity contribution in [3.8, 4) is 0 Å². The molecule has 0 amide bonds. The minimum atomic E-state index is 0.965. The molecule has 0 aliphatic heterocycles. The maximum atomic E-state index is 3.76. The van der Waals surface area contributed by atoms with Gasteiger partial charge in [0.2, 0.25) is 0 Å². The van der Waals surface area contributed by atoms with E-state index in [1.807, 2.05) is 36.4 Å².